The Kier molecular flexibility index (Phi) is 8.70. The minimum Gasteiger partial charge on any atom is -0.489 e. The van der Waals surface area contributed by atoms with Crippen LogP contribution in [-0.2, 0) is 0 Å². The highest BCUT2D eigenvalue weighted by molar-refractivity contribution is 6.40. The summed E-state index contributed by atoms with van der Waals surface area (Å²) < 4.78 is 5.61. The van der Waals surface area contributed by atoms with E-state index < -0.39 is 0 Å². The van der Waals surface area contributed by atoms with Gasteiger partial charge in [-0.15, -0.1) is 0 Å². The SMILES string of the molecule is CCCCCC(C)NCCOc1c(Cl)cc(Cl)cc1Cl. The second-order valence-electron chi connectivity index (χ2n) is 4.90. The molecule has 0 fully saturated rings. The summed E-state index contributed by atoms with van der Waals surface area (Å²) in [6.07, 6.45) is 5.00. The standard InChI is InChI=1S/C15H22Cl3NO/c1-3-4-5-6-11(2)19-7-8-20-15-13(17)9-12(16)10-14(15)18/h9-11,19H,3-8H2,1-2H3. The largest absolute Gasteiger partial charge is 0.489 e. The van der Waals surface area contributed by atoms with E-state index in [-0.39, 0.29) is 0 Å². The van der Waals surface area contributed by atoms with Gasteiger partial charge in [-0.2, -0.15) is 0 Å². The molecule has 5 heteroatoms. The molecule has 0 spiro atoms. The van der Waals surface area contributed by atoms with E-state index in [9.17, 15) is 0 Å². The van der Waals surface area contributed by atoms with Crippen molar-refractivity contribution in [3.63, 3.8) is 0 Å². The van der Waals surface area contributed by atoms with E-state index in [0.717, 1.165) is 6.54 Å². The normalized spacial score (nSPS) is 12.4. The lowest BCUT2D eigenvalue weighted by Gasteiger charge is -2.15. The Morgan fingerprint density at radius 2 is 1.80 bits per heavy atom. The van der Waals surface area contributed by atoms with Crippen LogP contribution in [0.2, 0.25) is 15.1 Å². The van der Waals surface area contributed by atoms with E-state index in [4.69, 9.17) is 39.5 Å². The minimum atomic E-state index is 0.443. The van der Waals surface area contributed by atoms with Gasteiger partial charge in [0.2, 0.25) is 0 Å². The summed E-state index contributed by atoms with van der Waals surface area (Å²) in [7, 11) is 0. The smallest absolute Gasteiger partial charge is 0.156 e. The van der Waals surface area contributed by atoms with Crippen molar-refractivity contribution in [1.82, 2.24) is 5.32 Å². The van der Waals surface area contributed by atoms with Gasteiger partial charge in [-0.1, -0.05) is 61.0 Å². The molecule has 1 aromatic carbocycles. The molecule has 0 radical (unpaired) electrons. The molecule has 0 aliphatic heterocycles. The summed E-state index contributed by atoms with van der Waals surface area (Å²) in [5.74, 6) is 0.498. The Labute approximate surface area is 136 Å². The first kappa shape index (κ1) is 17.9. The minimum absolute atomic E-state index is 0.443. The molecular formula is C15H22Cl3NO. The van der Waals surface area contributed by atoms with Crippen LogP contribution in [0.15, 0.2) is 12.1 Å². The molecule has 2 nitrogen and oxygen atoms in total. The monoisotopic (exact) mass is 337 g/mol. The Hall–Kier alpha value is -0.150. The fourth-order valence-electron chi connectivity index (χ4n) is 1.93. The summed E-state index contributed by atoms with van der Waals surface area (Å²) in [4.78, 5) is 0. The van der Waals surface area contributed by atoms with Crippen molar-refractivity contribution >= 4 is 34.8 Å². The first-order chi connectivity index (χ1) is 9.54. The first-order valence-electron chi connectivity index (χ1n) is 7.05. The highest BCUT2D eigenvalue weighted by Crippen LogP contribution is 2.35. The predicted octanol–water partition coefficient (Wildman–Crippen LogP) is 5.58. The molecule has 0 heterocycles. The first-order valence-corrected chi connectivity index (χ1v) is 8.18. The number of rotatable bonds is 9. The lowest BCUT2D eigenvalue weighted by Crippen LogP contribution is -2.30. The Bertz CT molecular complexity index is 389. The fraction of sp³-hybridized carbons (Fsp3) is 0.600. The molecular weight excluding hydrogens is 317 g/mol. The average molecular weight is 339 g/mol. The molecule has 114 valence electrons. The van der Waals surface area contributed by atoms with Gasteiger partial charge in [0.05, 0.1) is 10.0 Å². The van der Waals surface area contributed by atoms with Gasteiger partial charge >= 0.3 is 0 Å². The van der Waals surface area contributed by atoms with E-state index in [1.54, 1.807) is 12.1 Å². The molecule has 0 bridgehead atoms. The van der Waals surface area contributed by atoms with E-state index in [1.807, 2.05) is 0 Å². The maximum Gasteiger partial charge on any atom is 0.156 e. The van der Waals surface area contributed by atoms with E-state index in [2.05, 4.69) is 19.2 Å². The molecule has 1 atom stereocenters. The number of hydrogen-bond acceptors (Lipinski definition) is 2. The highest BCUT2D eigenvalue weighted by atomic mass is 35.5. The summed E-state index contributed by atoms with van der Waals surface area (Å²) in [6, 6.07) is 3.76. The zero-order chi connectivity index (χ0) is 15.0. The van der Waals surface area contributed by atoms with Crippen LogP contribution >= 0.6 is 34.8 Å². The van der Waals surface area contributed by atoms with E-state index >= 15 is 0 Å². The van der Waals surface area contributed by atoms with Crippen molar-refractivity contribution in [3.8, 4) is 5.75 Å². The Morgan fingerprint density at radius 1 is 1.15 bits per heavy atom. The van der Waals surface area contributed by atoms with Gasteiger partial charge < -0.3 is 10.1 Å². The van der Waals surface area contributed by atoms with E-state index in [1.165, 1.54) is 25.7 Å². The molecule has 1 aromatic rings. The lowest BCUT2D eigenvalue weighted by atomic mass is 10.1. The molecule has 0 saturated heterocycles. The maximum atomic E-state index is 6.05. The van der Waals surface area contributed by atoms with Crippen LogP contribution in [0.4, 0.5) is 0 Å². The molecule has 0 saturated carbocycles. The number of nitrogens with one attached hydrogen (secondary N) is 1. The van der Waals surface area contributed by atoms with Gasteiger partial charge in [0.15, 0.2) is 5.75 Å². The van der Waals surface area contributed by atoms with Crippen LogP contribution in [0.3, 0.4) is 0 Å². The zero-order valence-corrected chi connectivity index (χ0v) is 14.3. The second-order valence-corrected chi connectivity index (χ2v) is 6.15. The highest BCUT2D eigenvalue weighted by Gasteiger charge is 2.09. The molecule has 20 heavy (non-hydrogen) atoms. The van der Waals surface area contributed by atoms with Crippen LogP contribution in [-0.4, -0.2) is 19.2 Å². The quantitative estimate of drug-likeness (QED) is 0.593. The third-order valence-electron chi connectivity index (χ3n) is 3.05. The molecule has 0 aliphatic carbocycles. The van der Waals surface area contributed by atoms with Gasteiger partial charge in [0.1, 0.15) is 6.61 Å². The fourth-order valence-corrected chi connectivity index (χ4v) is 2.85. The third-order valence-corrected chi connectivity index (χ3v) is 3.82. The topological polar surface area (TPSA) is 21.3 Å². The summed E-state index contributed by atoms with van der Waals surface area (Å²) in [5.41, 5.74) is 0. The number of halogens is 3. The van der Waals surface area contributed by atoms with Crippen LogP contribution in [0.25, 0.3) is 0 Å². The molecule has 1 unspecified atom stereocenters. The summed E-state index contributed by atoms with van der Waals surface area (Å²) >= 11 is 17.9. The Morgan fingerprint density at radius 3 is 2.40 bits per heavy atom. The van der Waals surface area contributed by atoms with Gasteiger partial charge in [-0.25, -0.2) is 0 Å². The van der Waals surface area contributed by atoms with Crippen LogP contribution in [0.1, 0.15) is 39.5 Å². The number of benzene rings is 1. The Balaban J connectivity index is 2.28. The van der Waals surface area contributed by atoms with Crippen LogP contribution < -0.4 is 10.1 Å². The van der Waals surface area contributed by atoms with Crippen LogP contribution in [0.5, 0.6) is 5.75 Å². The van der Waals surface area contributed by atoms with Crippen molar-refractivity contribution < 1.29 is 4.74 Å². The van der Waals surface area contributed by atoms with Crippen molar-refractivity contribution in [2.75, 3.05) is 13.2 Å². The molecule has 0 aromatic heterocycles. The molecule has 1 N–H and O–H groups in total. The van der Waals surface area contributed by atoms with Gasteiger partial charge in [-0.05, 0) is 25.5 Å². The average Bonchev–Trinajstić information content (AvgIpc) is 2.37. The van der Waals surface area contributed by atoms with Gasteiger partial charge in [0, 0.05) is 17.6 Å². The van der Waals surface area contributed by atoms with Gasteiger partial charge in [-0.3, -0.25) is 0 Å². The maximum absolute atomic E-state index is 6.05. The van der Waals surface area contributed by atoms with E-state index in [0.29, 0.717) is 33.5 Å². The van der Waals surface area contributed by atoms with Crippen LogP contribution in [0, 0.1) is 0 Å². The van der Waals surface area contributed by atoms with Crippen molar-refractivity contribution in [2.45, 2.75) is 45.6 Å². The number of unbranched alkanes of at least 4 members (excludes halogenated alkanes) is 2. The third kappa shape index (κ3) is 6.53. The molecule has 1 rings (SSSR count). The number of ether oxygens (including phenoxy) is 1. The second kappa shape index (κ2) is 9.73. The van der Waals surface area contributed by atoms with Gasteiger partial charge in [0.25, 0.3) is 0 Å². The summed E-state index contributed by atoms with van der Waals surface area (Å²) in [5, 5.41) is 4.82. The predicted molar refractivity (Wildman–Crippen MR) is 88.6 cm³/mol. The van der Waals surface area contributed by atoms with Crippen molar-refractivity contribution in [2.24, 2.45) is 0 Å². The molecule has 0 aliphatic rings. The van der Waals surface area contributed by atoms with Crippen molar-refractivity contribution in [3.05, 3.63) is 27.2 Å². The lowest BCUT2D eigenvalue weighted by molar-refractivity contribution is 0.304. The zero-order valence-electron chi connectivity index (χ0n) is 12.0. The molecule has 0 amide bonds. The van der Waals surface area contributed by atoms with Crippen molar-refractivity contribution in [1.29, 1.82) is 0 Å². The summed E-state index contributed by atoms with van der Waals surface area (Å²) in [6.45, 7) is 5.70. The number of hydrogen-bond donors (Lipinski definition) is 1.